The van der Waals surface area contributed by atoms with Crippen LogP contribution in [-0.2, 0) is 36.6 Å². The average molecular weight is 1080 g/mol. The molecule has 7 nitrogen and oxygen atoms in total. The predicted octanol–water partition coefficient (Wildman–Crippen LogP) is 15.0. The number of esters is 1. The number of methoxy groups -OCH3 is 1. The van der Waals surface area contributed by atoms with Gasteiger partial charge in [-0.3, -0.25) is 4.79 Å². The summed E-state index contributed by atoms with van der Waals surface area (Å²) in [4.78, 5) is 22.0. The second-order valence-electron chi connectivity index (χ2n) is 15.5. The molecule has 0 heterocycles. The van der Waals surface area contributed by atoms with Crippen LogP contribution in [0.5, 0.6) is 11.5 Å². The van der Waals surface area contributed by atoms with Crippen molar-refractivity contribution in [3.05, 3.63) is 199 Å². The summed E-state index contributed by atoms with van der Waals surface area (Å²) in [5.41, 5.74) is 6.45. The maximum Gasteiger partial charge on any atom is 0.453 e. The molecule has 0 amide bonds. The van der Waals surface area contributed by atoms with Gasteiger partial charge in [-0.2, -0.15) is 36.7 Å². The number of hydrogen-bond donors (Lipinski definition) is 0. The van der Waals surface area contributed by atoms with E-state index in [9.17, 15) is 22.8 Å². The summed E-state index contributed by atoms with van der Waals surface area (Å²) in [6.45, 7) is 0.125. The fourth-order valence-corrected chi connectivity index (χ4v) is 8.70. The van der Waals surface area contributed by atoms with Crippen LogP contribution in [0.4, 0.5) is 13.2 Å². The molecule has 372 valence electrons. The molecule has 0 saturated carbocycles. The normalized spacial score (nSPS) is 11.3. The molecule has 0 atom stereocenters. The van der Waals surface area contributed by atoms with Gasteiger partial charge in [0.05, 0.1) is 20.3 Å². The number of ether oxygens (including phenoxy) is 5. The summed E-state index contributed by atoms with van der Waals surface area (Å²) in [7, 11) is 1.34. The maximum atomic E-state index is 12.2. The average Bonchev–Trinajstić information content (AvgIpc) is 3.36. The van der Waals surface area contributed by atoms with E-state index in [0.717, 1.165) is 76.5 Å². The second-order valence-corrected chi connectivity index (χ2v) is 19.7. The van der Waals surface area contributed by atoms with Crippen molar-refractivity contribution < 1.29 is 46.4 Å². The van der Waals surface area contributed by atoms with Gasteiger partial charge in [-0.1, -0.05) is 119 Å². The molecule has 16 heteroatoms. The first kappa shape index (κ1) is 56.5. The molecule has 0 aliphatic rings. The Hall–Kier alpha value is -4.37. The maximum absolute atomic E-state index is 12.2. The Bertz CT molecular complexity index is 2360. The minimum absolute atomic E-state index is 0.0779. The largest absolute Gasteiger partial charge is 0.485 e. The lowest BCUT2D eigenvalue weighted by Crippen LogP contribution is -2.28. The van der Waals surface area contributed by atoms with E-state index < -0.39 is 24.5 Å². The molecule has 6 aromatic rings. The lowest BCUT2D eigenvalue weighted by atomic mass is 10.0. The van der Waals surface area contributed by atoms with Crippen LogP contribution in [0.3, 0.4) is 0 Å². The molecule has 0 saturated heterocycles. The molecule has 0 N–H and O–H groups in total. The predicted molar refractivity (Wildman–Crippen MR) is 280 cm³/mol. The fourth-order valence-electron chi connectivity index (χ4n) is 6.67. The third kappa shape index (κ3) is 20.8. The van der Waals surface area contributed by atoms with Crippen LogP contribution in [0.25, 0.3) is 0 Å². The van der Waals surface area contributed by atoms with Crippen molar-refractivity contribution in [3.8, 4) is 11.5 Å². The Balaban J connectivity index is 0.000000261. The molecule has 70 heavy (non-hydrogen) atoms. The number of aryl methyl sites for hydroxylation is 2. The van der Waals surface area contributed by atoms with Crippen LogP contribution >= 0.6 is 69.9 Å². The number of thioether (sulfide) groups is 2. The molecule has 6 aromatic carbocycles. The van der Waals surface area contributed by atoms with Crippen LogP contribution < -0.4 is 9.47 Å². The summed E-state index contributed by atoms with van der Waals surface area (Å²) in [5.74, 6) is 2.34. The molecule has 0 aliphatic heterocycles. The quantitative estimate of drug-likeness (QED) is 0.0390. The van der Waals surface area contributed by atoms with E-state index in [-0.39, 0.29) is 24.6 Å². The zero-order valence-corrected chi connectivity index (χ0v) is 43.0. The monoisotopic (exact) mass is 1070 g/mol. The molecule has 0 aliphatic carbocycles. The van der Waals surface area contributed by atoms with Gasteiger partial charge in [0.1, 0.15) is 23.7 Å². The topological polar surface area (TPSA) is 80.3 Å². The fraction of sp³-hybridized carbons (Fsp3) is 0.296. The molecular formula is C54H53Cl4F3O7S2. The van der Waals surface area contributed by atoms with Gasteiger partial charge in [0.2, 0.25) is 0 Å². The van der Waals surface area contributed by atoms with E-state index in [1.54, 1.807) is 36.0 Å². The zero-order chi connectivity index (χ0) is 50.1. The van der Waals surface area contributed by atoms with Crippen molar-refractivity contribution >= 4 is 81.7 Å². The Morgan fingerprint density at radius 3 is 1.13 bits per heavy atom. The number of hydrogen-bond acceptors (Lipinski definition) is 9. The summed E-state index contributed by atoms with van der Waals surface area (Å²) in [5, 5.41) is 2.75. The highest BCUT2D eigenvalue weighted by atomic mass is 35.5. The number of alkyl halides is 3. The molecule has 0 spiro atoms. The minimum atomic E-state index is -4.88. The standard InChI is InChI=1S/C27H25Cl2F3O3S.C27H28Cl2O4S/c28-22-9-5-20(6-10-22)26(21-7-11-23(29)12-8-21)34-15-17-36-16-1-2-19-3-13-24(14-4-19)35-18-25(33)27(30,31)32;1-31-26(30)19-33-25-14-4-20(5-15-25)3-2-17-34-18-16-32-27(21-6-10-23(28)11-7-21)22-8-12-24(29)13-9-22/h3-14,26H,1-2,15-18H2;4-15,27H,2-3,16-19H2,1H3. The molecule has 6 rings (SSSR count). The van der Waals surface area contributed by atoms with E-state index in [4.69, 9.17) is 65.4 Å². The Kier molecular flexibility index (Phi) is 24.6. The first-order valence-electron chi connectivity index (χ1n) is 22.3. The van der Waals surface area contributed by atoms with Crippen molar-refractivity contribution in [1.82, 2.24) is 0 Å². The van der Waals surface area contributed by atoms with Gasteiger partial charge in [-0.05, 0) is 143 Å². The van der Waals surface area contributed by atoms with Gasteiger partial charge in [-0.15, -0.1) is 0 Å². The molecule has 0 aromatic heterocycles. The Labute approximate surface area is 436 Å². The Morgan fingerprint density at radius 2 is 0.814 bits per heavy atom. The zero-order valence-electron chi connectivity index (χ0n) is 38.3. The van der Waals surface area contributed by atoms with E-state index in [1.807, 2.05) is 133 Å². The lowest BCUT2D eigenvalue weighted by Gasteiger charge is -2.19. The molecule has 0 bridgehead atoms. The van der Waals surface area contributed by atoms with Crippen molar-refractivity contribution in [3.63, 3.8) is 0 Å². The van der Waals surface area contributed by atoms with Crippen LogP contribution in [0.15, 0.2) is 146 Å². The molecule has 0 unspecified atom stereocenters. The summed E-state index contributed by atoms with van der Waals surface area (Å²) >= 11 is 27.9. The van der Waals surface area contributed by atoms with Gasteiger partial charge in [-0.25, -0.2) is 4.79 Å². The summed E-state index contributed by atoms with van der Waals surface area (Å²) in [6, 6.07) is 45.3. The van der Waals surface area contributed by atoms with E-state index in [2.05, 4.69) is 4.74 Å². The minimum Gasteiger partial charge on any atom is -0.485 e. The summed E-state index contributed by atoms with van der Waals surface area (Å²) in [6.07, 6.45) is -1.42. The SMILES string of the molecule is COC(=O)COc1ccc(CCCSCCOC(c2ccc(Cl)cc2)c2ccc(Cl)cc2)cc1.O=C(COc1ccc(CCCSCCOC(c2ccc(Cl)cc2)c2ccc(Cl)cc2)cc1)C(F)(F)F. The van der Waals surface area contributed by atoms with Crippen molar-refractivity contribution in [2.45, 2.75) is 44.1 Å². The molecule has 0 radical (unpaired) electrons. The van der Waals surface area contributed by atoms with E-state index in [1.165, 1.54) is 12.7 Å². The third-order valence-electron chi connectivity index (χ3n) is 10.3. The number of carbonyl (C=O) groups is 2. The highest BCUT2D eigenvalue weighted by Gasteiger charge is 2.38. The van der Waals surface area contributed by atoms with Gasteiger partial charge < -0.3 is 23.7 Å². The summed E-state index contributed by atoms with van der Waals surface area (Å²) < 4.78 is 64.1. The van der Waals surface area contributed by atoms with Crippen LogP contribution in [0.2, 0.25) is 20.1 Å². The molecule has 0 fully saturated rings. The van der Waals surface area contributed by atoms with Crippen molar-refractivity contribution in [1.29, 1.82) is 0 Å². The van der Waals surface area contributed by atoms with Gasteiger partial charge >= 0.3 is 12.1 Å². The highest BCUT2D eigenvalue weighted by molar-refractivity contribution is 7.99. The number of benzene rings is 6. The first-order chi connectivity index (χ1) is 33.8. The number of carbonyl (C=O) groups excluding carboxylic acids is 2. The van der Waals surface area contributed by atoms with Gasteiger partial charge in [0.15, 0.2) is 13.2 Å². The lowest BCUT2D eigenvalue weighted by molar-refractivity contribution is -0.173. The smallest absolute Gasteiger partial charge is 0.453 e. The van der Waals surface area contributed by atoms with Crippen LogP contribution in [0.1, 0.15) is 58.4 Å². The molecular weight excluding hydrogens is 1020 g/mol. The third-order valence-corrected chi connectivity index (χ3v) is 13.4. The van der Waals surface area contributed by atoms with E-state index >= 15 is 0 Å². The van der Waals surface area contributed by atoms with Gasteiger partial charge in [0.25, 0.3) is 5.78 Å². The van der Waals surface area contributed by atoms with Crippen LogP contribution in [0, 0.1) is 0 Å². The van der Waals surface area contributed by atoms with Crippen LogP contribution in [-0.4, -0.2) is 74.5 Å². The van der Waals surface area contributed by atoms with Crippen molar-refractivity contribution in [2.24, 2.45) is 0 Å². The second kappa shape index (κ2) is 30.5. The Morgan fingerprint density at radius 1 is 0.486 bits per heavy atom. The number of ketones is 1. The van der Waals surface area contributed by atoms with Crippen molar-refractivity contribution in [2.75, 3.05) is 56.5 Å². The number of rotatable bonds is 26. The first-order valence-corrected chi connectivity index (χ1v) is 26.1. The van der Waals surface area contributed by atoms with E-state index in [0.29, 0.717) is 39.1 Å². The highest BCUT2D eigenvalue weighted by Crippen LogP contribution is 2.30. The van der Waals surface area contributed by atoms with Gasteiger partial charge in [0, 0.05) is 31.6 Å². The number of Topliss-reactive ketones (excluding diaryl/α,β-unsaturated/α-hetero) is 1. The number of halogens is 7.